The number of nitrogens with zero attached hydrogens (tertiary/aromatic N) is 1. The lowest BCUT2D eigenvalue weighted by Gasteiger charge is -2.14. The molecular formula is C21H25F2N3O4. The Hall–Kier alpha value is -3.36. The highest BCUT2D eigenvalue weighted by Gasteiger charge is 2.17. The molecule has 0 atom stereocenters. The summed E-state index contributed by atoms with van der Waals surface area (Å²) in [5, 5.41) is 7.00. The van der Waals surface area contributed by atoms with Crippen molar-refractivity contribution < 1.29 is 27.8 Å². The number of hydrazone groups is 1. The number of benzene rings is 2. The van der Waals surface area contributed by atoms with Crippen LogP contribution in [0.4, 0.5) is 14.5 Å². The second-order valence-electron chi connectivity index (χ2n) is 6.55. The number of carbonyl (C=O) groups excluding carboxylic acids is 1. The fourth-order valence-corrected chi connectivity index (χ4v) is 3.03. The van der Waals surface area contributed by atoms with E-state index in [4.69, 9.17) is 9.47 Å². The van der Waals surface area contributed by atoms with E-state index in [0.717, 1.165) is 22.4 Å². The summed E-state index contributed by atoms with van der Waals surface area (Å²) in [7, 11) is 2.63. The smallest absolute Gasteiger partial charge is 0.387 e. The second-order valence-corrected chi connectivity index (χ2v) is 6.55. The molecule has 2 rings (SSSR count). The van der Waals surface area contributed by atoms with Gasteiger partial charge in [0.1, 0.15) is 0 Å². The lowest BCUT2D eigenvalue weighted by Crippen LogP contribution is -2.26. The van der Waals surface area contributed by atoms with Gasteiger partial charge in [0.05, 0.1) is 27.0 Å². The normalized spacial score (nSPS) is 10.9. The SMILES string of the molecule is COc1cc(/C=N\NC(=O)CNc2c(C)cc(C)cc2C)cc(OC)c1OC(F)F. The van der Waals surface area contributed by atoms with Gasteiger partial charge in [-0.25, -0.2) is 5.43 Å². The number of amides is 1. The van der Waals surface area contributed by atoms with Crippen LogP contribution in [-0.2, 0) is 4.79 Å². The minimum Gasteiger partial charge on any atom is -0.493 e. The van der Waals surface area contributed by atoms with Crippen LogP contribution in [0.3, 0.4) is 0 Å². The Morgan fingerprint density at radius 3 is 2.13 bits per heavy atom. The summed E-state index contributed by atoms with van der Waals surface area (Å²) < 4.78 is 39.8. The van der Waals surface area contributed by atoms with Crippen molar-refractivity contribution in [3.63, 3.8) is 0 Å². The van der Waals surface area contributed by atoms with Crippen LogP contribution < -0.4 is 25.0 Å². The zero-order valence-electron chi connectivity index (χ0n) is 17.5. The van der Waals surface area contributed by atoms with Gasteiger partial charge >= 0.3 is 6.61 Å². The zero-order chi connectivity index (χ0) is 22.3. The summed E-state index contributed by atoms with van der Waals surface area (Å²) in [6, 6.07) is 6.95. The first-order valence-electron chi connectivity index (χ1n) is 9.09. The van der Waals surface area contributed by atoms with Crippen molar-refractivity contribution >= 4 is 17.8 Å². The average molecular weight is 421 g/mol. The highest BCUT2D eigenvalue weighted by atomic mass is 19.3. The Kier molecular flexibility index (Phi) is 7.97. The molecule has 2 aromatic rings. The lowest BCUT2D eigenvalue weighted by atomic mass is 10.1. The second kappa shape index (κ2) is 10.4. The topological polar surface area (TPSA) is 81.2 Å². The number of rotatable bonds is 9. The van der Waals surface area contributed by atoms with Gasteiger partial charge in [0.15, 0.2) is 11.5 Å². The standard InChI is InChI=1S/C21H25F2N3O4/c1-12-6-13(2)19(14(3)7-12)24-11-18(27)26-25-10-15-8-16(28-4)20(30-21(22)23)17(9-15)29-5/h6-10,21,24H,11H2,1-5H3,(H,26,27)/b25-10-. The molecule has 0 aliphatic rings. The number of alkyl halides is 2. The summed E-state index contributed by atoms with van der Waals surface area (Å²) in [5.41, 5.74) is 7.03. The van der Waals surface area contributed by atoms with Crippen molar-refractivity contribution in [1.82, 2.24) is 5.43 Å². The largest absolute Gasteiger partial charge is 0.493 e. The van der Waals surface area contributed by atoms with Crippen LogP contribution in [0, 0.1) is 20.8 Å². The highest BCUT2D eigenvalue weighted by Crippen LogP contribution is 2.39. The number of carbonyl (C=O) groups is 1. The van der Waals surface area contributed by atoms with Crippen LogP contribution in [0.15, 0.2) is 29.4 Å². The predicted molar refractivity (Wildman–Crippen MR) is 111 cm³/mol. The van der Waals surface area contributed by atoms with Gasteiger partial charge < -0.3 is 19.5 Å². The molecule has 0 fully saturated rings. The lowest BCUT2D eigenvalue weighted by molar-refractivity contribution is -0.119. The summed E-state index contributed by atoms with van der Waals surface area (Å²) in [4.78, 5) is 12.1. The maximum atomic E-state index is 12.6. The highest BCUT2D eigenvalue weighted by molar-refractivity contribution is 5.85. The van der Waals surface area contributed by atoms with Gasteiger partial charge in [0.2, 0.25) is 5.75 Å². The van der Waals surface area contributed by atoms with Gasteiger partial charge in [-0.2, -0.15) is 13.9 Å². The van der Waals surface area contributed by atoms with E-state index in [1.165, 1.54) is 32.6 Å². The molecule has 162 valence electrons. The molecule has 9 heteroatoms. The average Bonchev–Trinajstić information content (AvgIpc) is 2.67. The monoisotopic (exact) mass is 421 g/mol. The molecule has 0 aliphatic heterocycles. The number of halogens is 2. The number of aryl methyl sites for hydroxylation is 3. The van der Waals surface area contributed by atoms with Gasteiger partial charge in [0.25, 0.3) is 5.91 Å². The molecule has 0 saturated heterocycles. The first-order valence-corrected chi connectivity index (χ1v) is 9.09. The molecule has 7 nitrogen and oxygen atoms in total. The van der Waals surface area contributed by atoms with Crippen LogP contribution >= 0.6 is 0 Å². The number of hydrogen-bond donors (Lipinski definition) is 2. The van der Waals surface area contributed by atoms with E-state index >= 15 is 0 Å². The van der Waals surface area contributed by atoms with E-state index in [-0.39, 0.29) is 29.7 Å². The fraction of sp³-hybridized carbons (Fsp3) is 0.333. The Balaban J connectivity index is 2.03. The molecule has 0 bridgehead atoms. The van der Waals surface area contributed by atoms with Gasteiger partial charge in [-0.3, -0.25) is 4.79 Å². The fourth-order valence-electron chi connectivity index (χ4n) is 3.03. The van der Waals surface area contributed by atoms with Gasteiger partial charge in [-0.1, -0.05) is 17.7 Å². The molecule has 30 heavy (non-hydrogen) atoms. The summed E-state index contributed by atoms with van der Waals surface area (Å²) in [6.45, 7) is 2.97. The zero-order valence-corrected chi connectivity index (χ0v) is 17.5. The molecule has 0 unspecified atom stereocenters. The Morgan fingerprint density at radius 2 is 1.63 bits per heavy atom. The third-order valence-corrected chi connectivity index (χ3v) is 4.20. The number of anilines is 1. The number of ether oxygens (including phenoxy) is 3. The summed E-state index contributed by atoms with van der Waals surface area (Å²) >= 11 is 0. The van der Waals surface area contributed by atoms with E-state index in [9.17, 15) is 13.6 Å². The maximum absolute atomic E-state index is 12.6. The third kappa shape index (κ3) is 6.07. The van der Waals surface area contributed by atoms with Crippen molar-refractivity contribution in [1.29, 1.82) is 0 Å². The van der Waals surface area contributed by atoms with Crippen molar-refractivity contribution in [2.75, 3.05) is 26.1 Å². The van der Waals surface area contributed by atoms with E-state index in [0.29, 0.717) is 5.56 Å². The van der Waals surface area contributed by atoms with Crippen LogP contribution in [-0.4, -0.2) is 39.5 Å². The van der Waals surface area contributed by atoms with E-state index in [1.807, 2.05) is 32.9 Å². The maximum Gasteiger partial charge on any atom is 0.387 e. The van der Waals surface area contributed by atoms with Crippen LogP contribution in [0.25, 0.3) is 0 Å². The van der Waals surface area contributed by atoms with Gasteiger partial charge in [-0.15, -0.1) is 0 Å². The molecule has 2 aromatic carbocycles. The van der Waals surface area contributed by atoms with E-state index < -0.39 is 6.61 Å². The number of nitrogens with one attached hydrogen (secondary N) is 2. The number of hydrogen-bond acceptors (Lipinski definition) is 6. The number of methoxy groups -OCH3 is 2. The molecule has 0 heterocycles. The Bertz CT molecular complexity index is 884. The van der Waals surface area contributed by atoms with Crippen LogP contribution in [0.2, 0.25) is 0 Å². The molecule has 0 aromatic heterocycles. The molecule has 0 saturated carbocycles. The minimum atomic E-state index is -3.03. The molecule has 0 radical (unpaired) electrons. The Labute approximate surface area is 174 Å². The summed E-state index contributed by atoms with van der Waals surface area (Å²) in [5.74, 6) is -0.463. The van der Waals surface area contributed by atoms with Crippen LogP contribution in [0.1, 0.15) is 22.3 Å². The van der Waals surface area contributed by atoms with Crippen molar-refractivity contribution in [2.45, 2.75) is 27.4 Å². The Morgan fingerprint density at radius 1 is 1.07 bits per heavy atom. The molecule has 0 spiro atoms. The van der Waals surface area contributed by atoms with E-state index in [2.05, 4.69) is 20.6 Å². The van der Waals surface area contributed by atoms with Crippen LogP contribution in [0.5, 0.6) is 17.2 Å². The summed E-state index contributed by atoms with van der Waals surface area (Å²) in [6.07, 6.45) is 1.34. The molecule has 2 N–H and O–H groups in total. The van der Waals surface area contributed by atoms with E-state index in [1.54, 1.807) is 0 Å². The molecule has 1 amide bonds. The quantitative estimate of drug-likeness (QED) is 0.476. The first-order chi connectivity index (χ1) is 14.2. The van der Waals surface area contributed by atoms with Gasteiger partial charge in [-0.05, 0) is 44.0 Å². The predicted octanol–water partition coefficient (Wildman–Crippen LogP) is 3.79. The van der Waals surface area contributed by atoms with Crippen molar-refractivity contribution in [2.24, 2.45) is 5.10 Å². The van der Waals surface area contributed by atoms with Crippen molar-refractivity contribution in [3.8, 4) is 17.2 Å². The minimum absolute atomic E-state index is 0.0376. The first kappa shape index (κ1) is 22.9. The van der Waals surface area contributed by atoms with Gasteiger partial charge in [0, 0.05) is 11.3 Å². The molecule has 0 aliphatic carbocycles. The van der Waals surface area contributed by atoms with Crippen molar-refractivity contribution in [3.05, 3.63) is 46.5 Å². The third-order valence-electron chi connectivity index (χ3n) is 4.20. The molecular weight excluding hydrogens is 396 g/mol.